The summed E-state index contributed by atoms with van der Waals surface area (Å²) < 4.78 is 16.3. The molecule has 0 spiro atoms. The van der Waals surface area contributed by atoms with Crippen LogP contribution in [0.1, 0.15) is 16.7 Å². The summed E-state index contributed by atoms with van der Waals surface area (Å²) in [6, 6.07) is 17.7. The third-order valence-corrected chi connectivity index (χ3v) is 6.83. The van der Waals surface area contributed by atoms with Crippen molar-refractivity contribution in [3.63, 3.8) is 0 Å². The van der Waals surface area contributed by atoms with Gasteiger partial charge in [0.05, 0.1) is 11.4 Å². The molecule has 10 heteroatoms. The Hall–Kier alpha value is -3.95. The third kappa shape index (κ3) is 5.73. The highest BCUT2D eigenvalue weighted by atomic mass is 35.5. The van der Waals surface area contributed by atoms with E-state index in [1.807, 2.05) is 25.1 Å². The van der Waals surface area contributed by atoms with E-state index in [0.29, 0.717) is 39.1 Å². The molecule has 5 rings (SSSR count). The van der Waals surface area contributed by atoms with Gasteiger partial charge < -0.3 is 19.5 Å². The van der Waals surface area contributed by atoms with Gasteiger partial charge in [-0.3, -0.25) is 19.3 Å². The average molecular weight is 537 g/mol. The summed E-state index contributed by atoms with van der Waals surface area (Å²) in [5.74, 6) is 0.787. The number of ether oxygens (including phenoxy) is 3. The lowest BCUT2D eigenvalue weighted by Gasteiger charge is -2.14. The highest BCUT2D eigenvalue weighted by Gasteiger charge is 2.35. The molecule has 2 aliphatic heterocycles. The van der Waals surface area contributed by atoms with E-state index in [1.54, 1.807) is 48.5 Å². The molecule has 1 fully saturated rings. The van der Waals surface area contributed by atoms with Crippen LogP contribution in [0, 0.1) is 6.92 Å². The lowest BCUT2D eigenvalue weighted by molar-refractivity contribution is -0.123. The maximum atomic E-state index is 13.0. The predicted octanol–water partition coefficient (Wildman–Crippen LogP) is 5.63. The van der Waals surface area contributed by atoms with Crippen LogP contribution < -0.4 is 19.5 Å². The lowest BCUT2D eigenvalue weighted by Crippen LogP contribution is -2.27. The minimum absolute atomic E-state index is 0.0106. The van der Waals surface area contributed by atoms with Crippen molar-refractivity contribution in [1.82, 2.24) is 4.90 Å². The summed E-state index contributed by atoms with van der Waals surface area (Å²) in [5.41, 5.74) is 2.96. The quantitative estimate of drug-likeness (QED) is 0.391. The molecule has 8 nitrogen and oxygen atoms in total. The van der Waals surface area contributed by atoms with Crippen molar-refractivity contribution in [3.05, 3.63) is 87.3 Å². The number of carbonyl (C=O) groups is 3. The van der Waals surface area contributed by atoms with Crippen molar-refractivity contribution >= 4 is 52.2 Å². The van der Waals surface area contributed by atoms with Gasteiger partial charge in [-0.25, -0.2) is 0 Å². The molecule has 0 unspecified atom stereocenters. The maximum Gasteiger partial charge on any atom is 0.293 e. The molecule has 2 aliphatic rings. The fourth-order valence-electron chi connectivity index (χ4n) is 3.80. The van der Waals surface area contributed by atoms with E-state index in [4.69, 9.17) is 25.8 Å². The molecule has 0 aliphatic carbocycles. The first-order valence-electron chi connectivity index (χ1n) is 11.3. The Bertz CT molecular complexity index is 1440. The Labute approximate surface area is 222 Å². The third-order valence-electron chi connectivity index (χ3n) is 5.57. The second-order valence-electron chi connectivity index (χ2n) is 8.34. The number of aryl methyl sites for hydroxylation is 1. The number of rotatable bonds is 7. The summed E-state index contributed by atoms with van der Waals surface area (Å²) in [7, 11) is 0. The van der Waals surface area contributed by atoms with E-state index in [-0.39, 0.29) is 30.8 Å². The highest BCUT2D eigenvalue weighted by molar-refractivity contribution is 8.18. The Morgan fingerprint density at radius 3 is 2.70 bits per heavy atom. The van der Waals surface area contributed by atoms with Crippen LogP contribution in [-0.4, -0.2) is 35.4 Å². The fourth-order valence-corrected chi connectivity index (χ4v) is 4.85. The van der Waals surface area contributed by atoms with Gasteiger partial charge >= 0.3 is 0 Å². The lowest BCUT2D eigenvalue weighted by atomic mass is 10.1. The molecule has 188 valence electrons. The van der Waals surface area contributed by atoms with Crippen molar-refractivity contribution in [1.29, 1.82) is 0 Å². The molecule has 0 radical (unpaired) electrons. The van der Waals surface area contributed by atoms with E-state index < -0.39 is 11.1 Å². The Morgan fingerprint density at radius 2 is 1.89 bits per heavy atom. The van der Waals surface area contributed by atoms with Crippen LogP contribution >= 0.6 is 23.4 Å². The van der Waals surface area contributed by atoms with E-state index in [1.165, 1.54) is 0 Å². The summed E-state index contributed by atoms with van der Waals surface area (Å²) in [4.78, 5) is 39.3. The first-order valence-corrected chi connectivity index (χ1v) is 12.5. The number of benzene rings is 3. The number of imide groups is 1. The molecule has 37 heavy (non-hydrogen) atoms. The van der Waals surface area contributed by atoms with Crippen LogP contribution in [0.5, 0.6) is 17.2 Å². The van der Waals surface area contributed by atoms with Gasteiger partial charge in [-0.2, -0.15) is 0 Å². The number of carbonyl (C=O) groups excluding carboxylic acids is 3. The largest absolute Gasteiger partial charge is 0.484 e. The molecule has 3 aromatic carbocycles. The van der Waals surface area contributed by atoms with Gasteiger partial charge in [0.15, 0.2) is 18.1 Å². The molecular weight excluding hydrogens is 516 g/mol. The van der Waals surface area contributed by atoms with Crippen molar-refractivity contribution < 1.29 is 28.6 Å². The summed E-state index contributed by atoms with van der Waals surface area (Å²) in [6.07, 6.45) is 1.62. The summed E-state index contributed by atoms with van der Waals surface area (Å²) >= 11 is 7.17. The molecule has 0 aromatic heterocycles. The highest BCUT2D eigenvalue weighted by Crippen LogP contribution is 2.39. The number of nitrogens with zero attached hydrogens (tertiary/aromatic N) is 1. The van der Waals surface area contributed by atoms with E-state index in [2.05, 4.69) is 5.32 Å². The first kappa shape index (κ1) is 24.7. The summed E-state index contributed by atoms with van der Waals surface area (Å²) in [6.45, 7) is 1.87. The average Bonchev–Trinajstić information content (AvgIpc) is 3.42. The number of anilines is 1. The standard InChI is InChI=1S/C27H21ClN2O6S/c1-16-4-2-6-19(8-16)29-25(31)14-34-20-7-3-5-17(9-20)10-24-26(32)30(27(33)37-24)13-18-11-22-23(12-21(18)28)36-15-35-22/h2-12H,13-15H2,1H3,(H,29,31)/b24-10-. The van der Waals surface area contributed by atoms with Gasteiger partial charge in [0.1, 0.15) is 5.75 Å². The molecule has 1 saturated heterocycles. The number of amides is 3. The van der Waals surface area contributed by atoms with Crippen LogP contribution in [0.4, 0.5) is 10.5 Å². The van der Waals surface area contributed by atoms with Crippen LogP contribution in [0.2, 0.25) is 5.02 Å². The zero-order valence-corrected chi connectivity index (χ0v) is 21.2. The van der Waals surface area contributed by atoms with Gasteiger partial charge in [0, 0.05) is 16.8 Å². The smallest absolute Gasteiger partial charge is 0.293 e. The van der Waals surface area contributed by atoms with Crippen LogP contribution in [-0.2, 0) is 16.1 Å². The number of nitrogens with one attached hydrogen (secondary N) is 1. The van der Waals surface area contributed by atoms with Gasteiger partial charge in [-0.05, 0) is 71.8 Å². The van der Waals surface area contributed by atoms with Gasteiger partial charge in [-0.1, -0.05) is 35.9 Å². The molecule has 3 amide bonds. The number of fused-ring (bicyclic) bond motifs is 1. The van der Waals surface area contributed by atoms with Gasteiger partial charge in [0.25, 0.3) is 17.1 Å². The maximum absolute atomic E-state index is 13.0. The molecule has 2 heterocycles. The first-order chi connectivity index (χ1) is 17.9. The van der Waals surface area contributed by atoms with E-state index in [0.717, 1.165) is 22.2 Å². The molecule has 0 saturated carbocycles. The van der Waals surface area contributed by atoms with Crippen LogP contribution in [0.25, 0.3) is 6.08 Å². The molecule has 0 atom stereocenters. The number of halogens is 1. The number of thioether (sulfide) groups is 1. The Morgan fingerprint density at radius 1 is 1.11 bits per heavy atom. The molecule has 1 N–H and O–H groups in total. The topological polar surface area (TPSA) is 94.2 Å². The minimum atomic E-state index is -0.424. The van der Waals surface area contributed by atoms with Crippen LogP contribution in [0.15, 0.2) is 65.6 Å². The second-order valence-corrected chi connectivity index (χ2v) is 9.74. The number of hydrogen-bond donors (Lipinski definition) is 1. The van der Waals surface area contributed by atoms with Gasteiger partial charge in [-0.15, -0.1) is 0 Å². The molecule has 0 bridgehead atoms. The Balaban J connectivity index is 1.23. The van der Waals surface area contributed by atoms with E-state index in [9.17, 15) is 14.4 Å². The normalized spacial score (nSPS) is 15.4. The molecular formula is C27H21ClN2O6S. The minimum Gasteiger partial charge on any atom is -0.484 e. The Kier molecular flexibility index (Phi) is 7.07. The number of hydrogen-bond acceptors (Lipinski definition) is 7. The fraction of sp³-hybridized carbons (Fsp3) is 0.148. The SMILES string of the molecule is Cc1cccc(NC(=O)COc2cccc(/C=C3\SC(=O)N(Cc4cc5c(cc4Cl)OCO5)C3=O)c2)c1. The van der Waals surface area contributed by atoms with Crippen molar-refractivity contribution in [3.8, 4) is 17.2 Å². The van der Waals surface area contributed by atoms with E-state index >= 15 is 0 Å². The monoisotopic (exact) mass is 536 g/mol. The predicted molar refractivity (Wildman–Crippen MR) is 141 cm³/mol. The van der Waals surface area contributed by atoms with Crippen LogP contribution in [0.3, 0.4) is 0 Å². The van der Waals surface area contributed by atoms with Crippen molar-refractivity contribution in [2.45, 2.75) is 13.5 Å². The molecule has 3 aromatic rings. The second kappa shape index (κ2) is 10.6. The van der Waals surface area contributed by atoms with Crippen molar-refractivity contribution in [2.75, 3.05) is 18.7 Å². The zero-order chi connectivity index (χ0) is 25.9. The summed E-state index contributed by atoms with van der Waals surface area (Å²) in [5, 5.41) is 2.77. The van der Waals surface area contributed by atoms with Crippen molar-refractivity contribution in [2.24, 2.45) is 0 Å². The van der Waals surface area contributed by atoms with Gasteiger partial charge in [0.2, 0.25) is 6.79 Å². The zero-order valence-electron chi connectivity index (χ0n) is 19.7.